The largest absolute Gasteiger partial charge is 0.396 e. The molecule has 0 heterocycles. The van der Waals surface area contributed by atoms with Crippen molar-refractivity contribution in [1.82, 2.24) is 0 Å². The minimum Gasteiger partial charge on any atom is -0.396 e. The first kappa shape index (κ1) is 7.31. The summed E-state index contributed by atoms with van der Waals surface area (Å²) in [5.41, 5.74) is 0. The first-order chi connectivity index (χ1) is 3.41. The van der Waals surface area contributed by atoms with Crippen molar-refractivity contribution in [1.29, 1.82) is 0 Å². The van der Waals surface area contributed by atoms with Crippen molar-refractivity contribution in [2.45, 2.75) is 6.42 Å². The molecule has 1 N–H and O–H groups in total. The Morgan fingerprint density at radius 1 is 1.71 bits per heavy atom. The molecule has 0 saturated heterocycles. The molecule has 0 amide bonds. The van der Waals surface area contributed by atoms with Crippen molar-refractivity contribution in [3.05, 3.63) is 6.42 Å². The van der Waals surface area contributed by atoms with E-state index in [0.29, 0.717) is 0 Å². The molecule has 0 aliphatic carbocycles. The normalized spacial score (nSPS) is 9.43. The third kappa shape index (κ3) is 6.31. The molecule has 0 saturated carbocycles. The summed E-state index contributed by atoms with van der Waals surface area (Å²) in [6.45, 7) is 0.223. The minimum atomic E-state index is 0.223. The van der Waals surface area contributed by atoms with Crippen molar-refractivity contribution >= 4 is 11.8 Å². The fourth-order valence-corrected chi connectivity index (χ4v) is 0.695. The lowest BCUT2D eigenvalue weighted by atomic mass is 10.4. The molecule has 0 aromatic rings. The summed E-state index contributed by atoms with van der Waals surface area (Å²) < 4.78 is 0. The number of unbranched alkanes of at least 4 members (excludes halogenated alkanes) is 1. The highest BCUT2D eigenvalue weighted by Gasteiger charge is 1.81. The number of rotatable bonds is 4. The van der Waals surface area contributed by atoms with E-state index in [-0.39, 0.29) is 6.61 Å². The lowest BCUT2D eigenvalue weighted by Crippen LogP contribution is -1.84. The van der Waals surface area contributed by atoms with E-state index in [9.17, 15) is 0 Å². The second-order valence-electron chi connectivity index (χ2n) is 1.25. The Hall–Kier alpha value is 0.310. The predicted molar refractivity (Wildman–Crippen MR) is 34.4 cm³/mol. The van der Waals surface area contributed by atoms with Crippen molar-refractivity contribution in [3.63, 3.8) is 0 Å². The molecule has 43 valence electrons. The highest BCUT2D eigenvalue weighted by molar-refractivity contribution is 7.98. The molecular weight excluding hydrogens is 108 g/mol. The molecule has 0 aromatic heterocycles. The van der Waals surface area contributed by atoms with Crippen LogP contribution in [0.1, 0.15) is 6.42 Å². The van der Waals surface area contributed by atoms with Crippen LogP contribution in [-0.2, 0) is 0 Å². The molecule has 0 atom stereocenters. The van der Waals surface area contributed by atoms with Crippen LogP contribution in [0.25, 0.3) is 0 Å². The summed E-state index contributed by atoms with van der Waals surface area (Å²) in [5.74, 6) is 1.13. The van der Waals surface area contributed by atoms with Crippen molar-refractivity contribution in [2.24, 2.45) is 0 Å². The molecule has 0 bridgehead atoms. The minimum absolute atomic E-state index is 0.223. The summed E-state index contributed by atoms with van der Waals surface area (Å²) in [4.78, 5) is 0. The SMILES string of the molecule is CSCC[CH]CO. The maximum atomic E-state index is 8.23. The number of aliphatic hydroxyl groups excluding tert-OH is 1. The predicted octanol–water partition coefficient (Wildman–Crippen LogP) is 0.936. The Labute approximate surface area is 49.1 Å². The van der Waals surface area contributed by atoms with Crippen molar-refractivity contribution in [2.75, 3.05) is 18.6 Å². The lowest BCUT2D eigenvalue weighted by Gasteiger charge is -1.90. The van der Waals surface area contributed by atoms with Gasteiger partial charge in [-0.05, 0) is 24.9 Å². The number of hydrogen-bond acceptors (Lipinski definition) is 2. The Morgan fingerprint density at radius 2 is 2.43 bits per heavy atom. The van der Waals surface area contributed by atoms with Crippen LogP contribution >= 0.6 is 11.8 Å². The summed E-state index contributed by atoms with van der Waals surface area (Å²) in [7, 11) is 0. The Bertz CT molecular complexity index is 27.3. The zero-order chi connectivity index (χ0) is 5.54. The van der Waals surface area contributed by atoms with E-state index in [4.69, 9.17) is 5.11 Å². The third-order valence-corrected chi connectivity index (χ3v) is 1.30. The van der Waals surface area contributed by atoms with Crippen molar-refractivity contribution < 1.29 is 5.11 Å². The first-order valence-electron chi connectivity index (χ1n) is 2.33. The zero-order valence-electron chi connectivity index (χ0n) is 4.55. The molecular formula is C5H11OS. The van der Waals surface area contributed by atoms with Gasteiger partial charge in [0.05, 0.1) is 0 Å². The summed E-state index contributed by atoms with van der Waals surface area (Å²) in [6.07, 6.45) is 4.96. The van der Waals surface area contributed by atoms with Crippen LogP contribution in [0.5, 0.6) is 0 Å². The van der Waals surface area contributed by atoms with Gasteiger partial charge in [0.1, 0.15) is 0 Å². The highest BCUT2D eigenvalue weighted by atomic mass is 32.2. The maximum absolute atomic E-state index is 8.23. The monoisotopic (exact) mass is 119 g/mol. The summed E-state index contributed by atoms with van der Waals surface area (Å²) in [6, 6.07) is 0. The standard InChI is InChI=1S/C5H11OS/c1-7-5-3-2-4-6/h2,6H,3-5H2,1H3. The van der Waals surface area contributed by atoms with Gasteiger partial charge >= 0.3 is 0 Å². The quantitative estimate of drug-likeness (QED) is 0.556. The van der Waals surface area contributed by atoms with Crippen LogP contribution in [0.3, 0.4) is 0 Å². The number of hydrogen-bond donors (Lipinski definition) is 1. The first-order valence-corrected chi connectivity index (χ1v) is 3.72. The van der Waals surface area contributed by atoms with E-state index < -0.39 is 0 Å². The van der Waals surface area contributed by atoms with Crippen LogP contribution in [0.2, 0.25) is 0 Å². The van der Waals surface area contributed by atoms with Crippen LogP contribution < -0.4 is 0 Å². The molecule has 2 heteroatoms. The molecule has 0 unspecified atom stereocenters. The van der Waals surface area contributed by atoms with Gasteiger partial charge in [-0.15, -0.1) is 0 Å². The average Bonchev–Trinajstić information content (AvgIpc) is 1.69. The van der Waals surface area contributed by atoms with E-state index in [1.807, 2.05) is 6.42 Å². The molecule has 0 spiro atoms. The van der Waals surface area contributed by atoms with Gasteiger partial charge < -0.3 is 5.11 Å². The second kappa shape index (κ2) is 6.31. The maximum Gasteiger partial charge on any atom is 0.0463 e. The smallest absolute Gasteiger partial charge is 0.0463 e. The topological polar surface area (TPSA) is 20.2 Å². The molecule has 1 nitrogen and oxygen atoms in total. The Kier molecular flexibility index (Phi) is 6.59. The fourth-order valence-electron chi connectivity index (χ4n) is 0.292. The fraction of sp³-hybridized carbons (Fsp3) is 0.800. The van der Waals surface area contributed by atoms with Crippen LogP contribution in [0.4, 0.5) is 0 Å². The molecule has 0 rings (SSSR count). The van der Waals surface area contributed by atoms with Gasteiger partial charge in [-0.25, -0.2) is 0 Å². The molecule has 0 aliphatic rings. The van der Waals surface area contributed by atoms with Crippen LogP contribution in [0.15, 0.2) is 0 Å². The van der Waals surface area contributed by atoms with Crippen molar-refractivity contribution in [3.8, 4) is 0 Å². The van der Waals surface area contributed by atoms with Gasteiger partial charge in [-0.3, -0.25) is 0 Å². The molecule has 7 heavy (non-hydrogen) atoms. The zero-order valence-corrected chi connectivity index (χ0v) is 5.37. The van der Waals surface area contributed by atoms with E-state index in [2.05, 4.69) is 6.26 Å². The van der Waals surface area contributed by atoms with Gasteiger partial charge in [0.15, 0.2) is 0 Å². The van der Waals surface area contributed by atoms with E-state index in [0.717, 1.165) is 12.2 Å². The van der Waals surface area contributed by atoms with Crippen LogP contribution in [-0.4, -0.2) is 23.7 Å². The van der Waals surface area contributed by atoms with Crippen LogP contribution in [0, 0.1) is 6.42 Å². The lowest BCUT2D eigenvalue weighted by molar-refractivity contribution is 0.325. The average molecular weight is 119 g/mol. The number of thioether (sulfide) groups is 1. The van der Waals surface area contributed by atoms with Gasteiger partial charge in [0, 0.05) is 6.61 Å². The third-order valence-electron chi connectivity index (χ3n) is 0.655. The Morgan fingerprint density at radius 3 is 2.86 bits per heavy atom. The number of aliphatic hydroxyl groups is 1. The molecule has 0 aromatic carbocycles. The highest BCUT2D eigenvalue weighted by Crippen LogP contribution is 1.96. The van der Waals surface area contributed by atoms with Gasteiger partial charge in [0.25, 0.3) is 0 Å². The van der Waals surface area contributed by atoms with E-state index in [1.54, 1.807) is 11.8 Å². The molecule has 0 aliphatic heterocycles. The van der Waals surface area contributed by atoms with E-state index in [1.165, 1.54) is 0 Å². The van der Waals surface area contributed by atoms with E-state index >= 15 is 0 Å². The Balaban J connectivity index is 2.45. The van der Waals surface area contributed by atoms with Gasteiger partial charge in [-0.2, -0.15) is 11.8 Å². The van der Waals surface area contributed by atoms with Gasteiger partial charge in [0.2, 0.25) is 0 Å². The molecule has 0 fully saturated rings. The summed E-state index contributed by atoms with van der Waals surface area (Å²) >= 11 is 1.80. The second-order valence-corrected chi connectivity index (χ2v) is 2.24. The summed E-state index contributed by atoms with van der Waals surface area (Å²) in [5, 5.41) is 8.23. The van der Waals surface area contributed by atoms with Gasteiger partial charge in [-0.1, -0.05) is 0 Å². The molecule has 1 radical (unpaired) electrons.